The fourth-order valence-electron chi connectivity index (χ4n) is 2.80. The second-order valence-corrected chi connectivity index (χ2v) is 5.44. The Bertz CT molecular complexity index is 881. The normalized spacial score (nSPS) is 12.5. The second kappa shape index (κ2) is 5.78. The zero-order chi connectivity index (χ0) is 14.8. The Morgan fingerprint density at radius 2 is 1.86 bits per heavy atom. The van der Waals surface area contributed by atoms with E-state index in [4.69, 9.17) is 0 Å². The van der Waals surface area contributed by atoms with Crippen molar-refractivity contribution in [1.29, 1.82) is 0 Å². The van der Waals surface area contributed by atoms with E-state index in [0.717, 1.165) is 0 Å². The third-order valence-electron chi connectivity index (χ3n) is 3.77. The summed E-state index contributed by atoms with van der Waals surface area (Å²) in [5.41, 5.74) is 4.92. The van der Waals surface area contributed by atoms with E-state index in [2.05, 4.69) is 88.2 Å². The fourth-order valence-corrected chi connectivity index (χ4v) is 3.24. The largest absolute Gasteiger partial charge is 0.452 e. The average molecular weight is 285 g/mol. The van der Waals surface area contributed by atoms with Gasteiger partial charge in [-0.15, -0.1) is 0 Å². The monoisotopic (exact) mass is 285 g/mol. The smallest absolute Gasteiger partial charge is 0.318 e. The first-order valence-electron chi connectivity index (χ1n) is 7.01. The highest BCUT2D eigenvalue weighted by Gasteiger charge is 2.11. The maximum atomic E-state index is 3.76. The molecule has 3 aromatic rings. The standard InChI is InChI=1S/C19H16N.Al/c1-3-5-9-14(4-2)15-11-8-13-18-19(15)16-10-6-7-12-17(16)20-18;/h3-13H,1H2,2H3;/q-1;+1/b9-5-,14-4?;. The molecule has 0 aliphatic rings. The molecular weight excluding hydrogens is 269 g/mol. The summed E-state index contributed by atoms with van der Waals surface area (Å²) in [7, 11) is 0. The van der Waals surface area contributed by atoms with Crippen molar-refractivity contribution >= 4 is 43.9 Å². The Kier molecular flexibility index (Phi) is 3.84. The predicted molar refractivity (Wildman–Crippen MR) is 93.6 cm³/mol. The summed E-state index contributed by atoms with van der Waals surface area (Å²) in [6.45, 7) is 5.83. The van der Waals surface area contributed by atoms with E-state index >= 15 is 0 Å². The Morgan fingerprint density at radius 1 is 1.10 bits per heavy atom. The topological polar surface area (TPSA) is 4.93 Å². The molecule has 0 bridgehead atoms. The molecule has 0 unspecified atom stereocenters. The predicted octanol–water partition coefficient (Wildman–Crippen LogP) is 4.87. The molecule has 2 aromatic carbocycles. The molecule has 1 aromatic heterocycles. The molecule has 0 amide bonds. The minimum atomic E-state index is 1.21. The van der Waals surface area contributed by atoms with Crippen molar-refractivity contribution in [1.82, 2.24) is 3.55 Å². The van der Waals surface area contributed by atoms with Gasteiger partial charge in [0, 0.05) is 21.8 Å². The van der Waals surface area contributed by atoms with Crippen LogP contribution < -0.4 is 0 Å². The maximum Gasteiger partial charge on any atom is 0.318 e. The quantitative estimate of drug-likeness (QED) is 0.478. The lowest BCUT2D eigenvalue weighted by molar-refractivity contribution is 1.39. The number of nitrogens with zero attached hydrogens (tertiary/aromatic N) is 1. The Hall–Kier alpha value is -2.01. The number of hydrogen-bond acceptors (Lipinski definition) is 0. The van der Waals surface area contributed by atoms with Gasteiger partial charge in [-0.3, -0.25) is 0 Å². The average Bonchev–Trinajstić information content (AvgIpc) is 2.82. The molecule has 2 heteroatoms. The van der Waals surface area contributed by atoms with Crippen molar-refractivity contribution in [3.63, 3.8) is 0 Å². The van der Waals surface area contributed by atoms with Crippen LogP contribution in [-0.2, 0) is 0 Å². The zero-order valence-corrected chi connectivity index (χ0v) is 13.2. The molecule has 0 aliphatic heterocycles. The molecule has 0 atom stereocenters. The first-order chi connectivity index (χ1) is 10.3. The molecule has 21 heavy (non-hydrogen) atoms. The number of allylic oxidation sites excluding steroid dienone is 5. The lowest BCUT2D eigenvalue weighted by atomic mass is 9.99. The van der Waals surface area contributed by atoms with Gasteiger partial charge in [-0.2, -0.15) is 0 Å². The highest BCUT2D eigenvalue weighted by atomic mass is 27.1. The van der Waals surface area contributed by atoms with Crippen LogP contribution in [0.4, 0.5) is 0 Å². The van der Waals surface area contributed by atoms with Crippen molar-refractivity contribution < 1.29 is 0 Å². The van der Waals surface area contributed by atoms with E-state index in [1.54, 1.807) is 0 Å². The van der Waals surface area contributed by atoms with E-state index < -0.39 is 0 Å². The lowest BCUT2D eigenvalue weighted by Crippen LogP contribution is -1.90. The molecule has 0 N–H and O–H groups in total. The van der Waals surface area contributed by atoms with Gasteiger partial charge in [-0.25, -0.2) is 0 Å². The molecule has 0 saturated heterocycles. The molecule has 2 radical (unpaired) electrons. The summed E-state index contributed by atoms with van der Waals surface area (Å²) in [6.07, 6.45) is 8.04. The van der Waals surface area contributed by atoms with Crippen molar-refractivity contribution in [2.45, 2.75) is 6.92 Å². The van der Waals surface area contributed by atoms with Gasteiger partial charge in [0.05, 0.1) is 0 Å². The van der Waals surface area contributed by atoms with Crippen molar-refractivity contribution in [2.75, 3.05) is 0 Å². The Morgan fingerprint density at radius 3 is 2.62 bits per heavy atom. The van der Waals surface area contributed by atoms with E-state index in [1.807, 2.05) is 12.2 Å². The highest BCUT2D eigenvalue weighted by Crippen LogP contribution is 2.34. The van der Waals surface area contributed by atoms with Crippen molar-refractivity contribution in [3.8, 4) is 0 Å². The van der Waals surface area contributed by atoms with Crippen LogP contribution in [0.5, 0.6) is 0 Å². The second-order valence-electron chi connectivity index (χ2n) is 4.93. The van der Waals surface area contributed by atoms with Gasteiger partial charge in [-0.1, -0.05) is 61.2 Å². The summed E-state index contributed by atoms with van der Waals surface area (Å²) in [6, 6.07) is 15.0. The highest BCUT2D eigenvalue weighted by molar-refractivity contribution is 6.23. The van der Waals surface area contributed by atoms with Crippen LogP contribution in [0, 0.1) is 0 Å². The minimum absolute atomic E-state index is 1.21. The molecule has 3 rings (SSSR count). The maximum absolute atomic E-state index is 3.76. The van der Waals surface area contributed by atoms with Crippen LogP contribution in [0.1, 0.15) is 12.5 Å². The van der Waals surface area contributed by atoms with Crippen LogP contribution >= 0.6 is 0 Å². The summed E-state index contributed by atoms with van der Waals surface area (Å²) in [5.74, 6) is 0. The Balaban J connectivity index is 2.41. The molecule has 0 fully saturated rings. The van der Waals surface area contributed by atoms with Crippen LogP contribution in [0.15, 0.2) is 73.3 Å². The van der Waals surface area contributed by atoms with Gasteiger partial charge in [0.2, 0.25) is 0 Å². The van der Waals surface area contributed by atoms with Crippen LogP contribution in [-0.4, -0.2) is 20.1 Å². The first-order valence-corrected chi connectivity index (χ1v) is 7.52. The van der Waals surface area contributed by atoms with Crippen LogP contribution in [0.2, 0.25) is 0 Å². The van der Waals surface area contributed by atoms with Gasteiger partial charge in [0.1, 0.15) is 0 Å². The molecule has 0 spiro atoms. The van der Waals surface area contributed by atoms with E-state index in [0.29, 0.717) is 0 Å². The SMILES string of the molecule is C=C/C=C\C(=CC)c1cccc2c1c1ccccc1[n]2[Al]. The van der Waals surface area contributed by atoms with Gasteiger partial charge in [-0.05, 0) is 30.2 Å². The number of fused-ring (bicyclic) bond motifs is 3. The van der Waals surface area contributed by atoms with Crippen molar-refractivity contribution in [2.24, 2.45) is 0 Å². The lowest BCUT2D eigenvalue weighted by Gasteiger charge is -2.06. The third kappa shape index (κ3) is 2.27. The van der Waals surface area contributed by atoms with Gasteiger partial charge in [0.25, 0.3) is 0 Å². The summed E-state index contributed by atoms with van der Waals surface area (Å²) < 4.78 is 2.18. The fraction of sp³-hybridized carbons (Fsp3) is 0.0526. The molecule has 1 heterocycles. The van der Waals surface area contributed by atoms with E-state index in [-0.39, 0.29) is 0 Å². The number of aromatic nitrogens is 1. The van der Waals surface area contributed by atoms with E-state index in [1.165, 1.54) is 32.9 Å². The van der Waals surface area contributed by atoms with Gasteiger partial charge < -0.3 is 3.55 Å². The number of hydrogen-bond donors (Lipinski definition) is 0. The summed E-state index contributed by atoms with van der Waals surface area (Å²) in [5, 5.41) is 2.58. The van der Waals surface area contributed by atoms with Gasteiger partial charge >= 0.3 is 16.5 Å². The van der Waals surface area contributed by atoms with Crippen LogP contribution in [0.25, 0.3) is 27.4 Å². The third-order valence-corrected chi connectivity index (χ3v) is 4.33. The molecule has 1 nitrogen and oxygen atoms in total. The molecule has 100 valence electrons. The number of para-hydroxylation sites is 1. The minimum Gasteiger partial charge on any atom is -0.452 e. The van der Waals surface area contributed by atoms with E-state index in [9.17, 15) is 0 Å². The summed E-state index contributed by atoms with van der Waals surface area (Å²) >= 11 is 2.81. The summed E-state index contributed by atoms with van der Waals surface area (Å²) in [4.78, 5) is 0. The van der Waals surface area contributed by atoms with Crippen molar-refractivity contribution in [3.05, 3.63) is 78.9 Å². The first kappa shape index (κ1) is 14.0. The molecular formula is C19H16AlN. The Labute approximate surface area is 133 Å². The number of benzene rings is 2. The number of rotatable bonds is 3. The molecule has 0 saturated carbocycles. The van der Waals surface area contributed by atoms with Crippen LogP contribution in [0.3, 0.4) is 0 Å². The molecule has 0 aliphatic carbocycles. The van der Waals surface area contributed by atoms with Gasteiger partial charge in [0.15, 0.2) is 0 Å². The zero-order valence-electron chi connectivity index (χ0n) is 12.1.